The lowest BCUT2D eigenvalue weighted by molar-refractivity contribution is 0.0936. The van der Waals surface area contributed by atoms with Crippen LogP contribution in [0.5, 0.6) is 0 Å². The second-order valence-electron chi connectivity index (χ2n) is 8.07. The highest BCUT2D eigenvalue weighted by molar-refractivity contribution is 6.30. The van der Waals surface area contributed by atoms with Crippen LogP contribution in [0, 0.1) is 0 Å². The van der Waals surface area contributed by atoms with Crippen molar-refractivity contribution in [1.29, 1.82) is 0 Å². The molecular weight excluding hydrogens is 420 g/mol. The summed E-state index contributed by atoms with van der Waals surface area (Å²) < 4.78 is 0. The summed E-state index contributed by atoms with van der Waals surface area (Å²) in [6.45, 7) is 5.68. The molecule has 6 heteroatoms. The summed E-state index contributed by atoms with van der Waals surface area (Å²) in [6.07, 6.45) is 2.57. The van der Waals surface area contributed by atoms with Crippen LogP contribution in [0.25, 0.3) is 0 Å². The number of benzene rings is 2. The highest BCUT2D eigenvalue weighted by atomic mass is 35.5. The molecule has 0 spiro atoms. The number of carbonyl (C=O) groups is 1. The largest absolute Gasteiger partial charge is 0.351 e. The van der Waals surface area contributed by atoms with Gasteiger partial charge in [0.05, 0.1) is 6.04 Å². The fraction of sp³-hybridized carbons (Fsp3) is 0.308. The fourth-order valence-corrected chi connectivity index (χ4v) is 4.36. The number of carbonyl (C=O) groups excluding carboxylic acids is 1. The summed E-state index contributed by atoms with van der Waals surface area (Å²) in [4.78, 5) is 21.2. The number of nitrogens with one attached hydrogen (secondary N) is 1. The number of pyridine rings is 1. The minimum Gasteiger partial charge on any atom is -0.351 e. The maximum atomic E-state index is 12.1. The quantitative estimate of drug-likeness (QED) is 0.523. The monoisotopic (exact) mass is 448 g/mol. The second kappa shape index (κ2) is 11.2. The third-order valence-corrected chi connectivity index (χ3v) is 6.16. The van der Waals surface area contributed by atoms with Gasteiger partial charge in [0, 0.05) is 43.9 Å². The van der Waals surface area contributed by atoms with Gasteiger partial charge in [-0.15, -0.1) is 0 Å². The number of hydrogen-bond acceptors (Lipinski definition) is 4. The van der Waals surface area contributed by atoms with Gasteiger partial charge in [-0.25, -0.2) is 0 Å². The van der Waals surface area contributed by atoms with E-state index in [9.17, 15) is 4.79 Å². The van der Waals surface area contributed by atoms with Gasteiger partial charge in [0.15, 0.2) is 0 Å². The van der Waals surface area contributed by atoms with Crippen LogP contribution in [0.1, 0.15) is 34.1 Å². The lowest BCUT2D eigenvalue weighted by atomic mass is 9.96. The molecule has 1 fully saturated rings. The molecule has 0 bridgehead atoms. The highest BCUT2D eigenvalue weighted by Gasteiger charge is 2.26. The Balaban J connectivity index is 1.28. The summed E-state index contributed by atoms with van der Waals surface area (Å²) in [5.41, 5.74) is 3.04. The molecule has 1 unspecified atom stereocenters. The molecule has 1 atom stereocenters. The third-order valence-electron chi connectivity index (χ3n) is 5.91. The lowest BCUT2D eigenvalue weighted by Gasteiger charge is -2.40. The van der Waals surface area contributed by atoms with Crippen LogP contribution in [-0.2, 0) is 0 Å². The van der Waals surface area contributed by atoms with Crippen molar-refractivity contribution < 1.29 is 4.79 Å². The van der Waals surface area contributed by atoms with Crippen LogP contribution in [-0.4, -0.2) is 60.0 Å². The van der Waals surface area contributed by atoms with E-state index in [1.54, 1.807) is 12.3 Å². The summed E-state index contributed by atoms with van der Waals surface area (Å²) in [5, 5.41) is 3.73. The maximum absolute atomic E-state index is 12.1. The molecule has 3 aromatic rings. The van der Waals surface area contributed by atoms with E-state index in [2.05, 4.69) is 62.6 Å². The summed E-state index contributed by atoms with van der Waals surface area (Å²) in [5.74, 6) is -0.107. The van der Waals surface area contributed by atoms with E-state index in [0.29, 0.717) is 12.2 Å². The van der Waals surface area contributed by atoms with Crippen molar-refractivity contribution >= 4 is 17.5 Å². The lowest BCUT2D eigenvalue weighted by Crippen LogP contribution is -2.48. The number of piperazine rings is 1. The molecule has 1 N–H and O–H groups in total. The van der Waals surface area contributed by atoms with E-state index in [1.807, 2.05) is 24.3 Å². The van der Waals surface area contributed by atoms with Crippen molar-refractivity contribution in [3.05, 3.63) is 101 Å². The average Bonchev–Trinajstić information content (AvgIpc) is 2.85. The van der Waals surface area contributed by atoms with Crippen LogP contribution in [0.2, 0.25) is 5.02 Å². The Bertz CT molecular complexity index is 974. The Hall–Kier alpha value is -2.73. The van der Waals surface area contributed by atoms with Gasteiger partial charge in [-0.05, 0) is 48.4 Å². The molecule has 2 heterocycles. The molecule has 1 saturated heterocycles. The average molecular weight is 449 g/mol. The van der Waals surface area contributed by atoms with Crippen molar-refractivity contribution in [1.82, 2.24) is 20.1 Å². The summed E-state index contributed by atoms with van der Waals surface area (Å²) in [7, 11) is 0. The van der Waals surface area contributed by atoms with Gasteiger partial charge in [0.2, 0.25) is 0 Å². The maximum Gasteiger partial charge on any atom is 0.269 e. The first kappa shape index (κ1) is 22.5. The number of rotatable bonds is 8. The molecule has 1 aliphatic heterocycles. The zero-order valence-corrected chi connectivity index (χ0v) is 18.9. The van der Waals surface area contributed by atoms with Crippen molar-refractivity contribution in [2.75, 3.05) is 39.3 Å². The van der Waals surface area contributed by atoms with Crippen LogP contribution in [0.4, 0.5) is 0 Å². The predicted molar refractivity (Wildman–Crippen MR) is 129 cm³/mol. The Morgan fingerprint density at radius 2 is 1.59 bits per heavy atom. The van der Waals surface area contributed by atoms with Crippen molar-refractivity contribution in [3.8, 4) is 0 Å². The molecule has 166 valence electrons. The van der Waals surface area contributed by atoms with Gasteiger partial charge in [-0.2, -0.15) is 0 Å². The topological polar surface area (TPSA) is 48.5 Å². The molecule has 1 amide bonds. The van der Waals surface area contributed by atoms with E-state index < -0.39 is 0 Å². The summed E-state index contributed by atoms with van der Waals surface area (Å²) in [6, 6.07) is 24.5. The Kier molecular flexibility index (Phi) is 7.88. The molecular formula is C26H29ClN4O. The molecule has 1 aliphatic rings. The minimum absolute atomic E-state index is 0.107. The number of amides is 1. The van der Waals surface area contributed by atoms with Crippen molar-refractivity contribution in [2.24, 2.45) is 0 Å². The Morgan fingerprint density at radius 3 is 2.28 bits per heavy atom. The molecule has 0 aliphatic carbocycles. The molecule has 0 radical (unpaired) electrons. The molecule has 4 rings (SSSR count). The smallest absolute Gasteiger partial charge is 0.269 e. The van der Waals surface area contributed by atoms with Gasteiger partial charge < -0.3 is 10.2 Å². The minimum atomic E-state index is -0.107. The van der Waals surface area contributed by atoms with Gasteiger partial charge in [0.25, 0.3) is 5.91 Å². The number of nitrogens with zero attached hydrogens (tertiary/aromatic N) is 3. The van der Waals surface area contributed by atoms with E-state index in [4.69, 9.17) is 11.6 Å². The third kappa shape index (κ3) is 5.94. The molecule has 32 heavy (non-hydrogen) atoms. The Labute approximate surface area is 195 Å². The first-order chi connectivity index (χ1) is 15.7. The fourth-order valence-electron chi connectivity index (χ4n) is 4.23. The first-order valence-corrected chi connectivity index (χ1v) is 11.5. The van der Waals surface area contributed by atoms with E-state index in [1.165, 1.54) is 11.1 Å². The molecule has 1 aromatic heterocycles. The normalized spacial score (nSPS) is 15.9. The standard InChI is InChI=1S/C26H29ClN4O/c27-23-12-10-22(11-13-23)25(21-7-2-1-3-8-21)31-19-17-30(18-20-31)16-6-15-29-26(32)24-9-4-5-14-28-24/h1-5,7-14,25H,6,15-20H2,(H,29,32). The zero-order chi connectivity index (χ0) is 22.2. The Morgan fingerprint density at radius 1 is 0.906 bits per heavy atom. The van der Waals surface area contributed by atoms with E-state index in [-0.39, 0.29) is 11.9 Å². The van der Waals surface area contributed by atoms with Crippen LogP contribution in [0.15, 0.2) is 79.0 Å². The molecule has 5 nitrogen and oxygen atoms in total. The second-order valence-corrected chi connectivity index (χ2v) is 8.50. The number of halogens is 1. The first-order valence-electron chi connectivity index (χ1n) is 11.2. The molecule has 0 saturated carbocycles. The zero-order valence-electron chi connectivity index (χ0n) is 18.2. The van der Waals surface area contributed by atoms with Gasteiger partial charge in [-0.3, -0.25) is 14.7 Å². The van der Waals surface area contributed by atoms with Crippen LogP contribution < -0.4 is 5.32 Å². The van der Waals surface area contributed by atoms with E-state index >= 15 is 0 Å². The molecule has 2 aromatic carbocycles. The summed E-state index contributed by atoms with van der Waals surface area (Å²) >= 11 is 6.13. The van der Waals surface area contributed by atoms with Crippen molar-refractivity contribution in [3.63, 3.8) is 0 Å². The van der Waals surface area contributed by atoms with Crippen LogP contribution in [0.3, 0.4) is 0 Å². The van der Waals surface area contributed by atoms with Gasteiger partial charge in [0.1, 0.15) is 5.69 Å². The van der Waals surface area contributed by atoms with Crippen LogP contribution >= 0.6 is 11.6 Å². The number of aromatic nitrogens is 1. The highest BCUT2D eigenvalue weighted by Crippen LogP contribution is 2.30. The number of hydrogen-bond donors (Lipinski definition) is 1. The van der Waals surface area contributed by atoms with Gasteiger partial charge >= 0.3 is 0 Å². The SMILES string of the molecule is O=C(NCCCN1CCN(C(c2ccccc2)c2ccc(Cl)cc2)CC1)c1ccccn1. The van der Waals surface area contributed by atoms with E-state index in [0.717, 1.165) is 44.2 Å². The van der Waals surface area contributed by atoms with Gasteiger partial charge in [-0.1, -0.05) is 60.1 Å². The predicted octanol–water partition coefficient (Wildman–Crippen LogP) is 4.26. The van der Waals surface area contributed by atoms with Crippen molar-refractivity contribution in [2.45, 2.75) is 12.5 Å².